The van der Waals surface area contributed by atoms with Gasteiger partial charge >= 0.3 is 0 Å². The average molecular weight is 2040 g/mol. The molecule has 8 aromatic heterocycles. The molecule has 10 aromatic rings. The number of hydrogen-bond acceptors (Lipinski definition) is 31. The molecule has 2 atom stereocenters. The van der Waals surface area contributed by atoms with Crippen molar-refractivity contribution in [2.45, 2.75) is 326 Å². The highest BCUT2D eigenvalue weighted by Crippen LogP contribution is 2.37. The predicted octanol–water partition coefficient (Wildman–Crippen LogP) is 17.9. The van der Waals surface area contributed by atoms with E-state index >= 15 is 0 Å². The van der Waals surface area contributed by atoms with E-state index in [0.717, 1.165) is 217 Å². The van der Waals surface area contributed by atoms with Crippen molar-refractivity contribution in [3.63, 3.8) is 0 Å². The van der Waals surface area contributed by atoms with Crippen LogP contribution in [0, 0.1) is 13.8 Å². The maximum Gasteiger partial charge on any atom is 0.274 e. The van der Waals surface area contributed by atoms with Gasteiger partial charge < -0.3 is 87.4 Å². The summed E-state index contributed by atoms with van der Waals surface area (Å²) in [5.74, 6) is 6.76. The third-order valence-electron chi connectivity index (χ3n) is 25.0. The summed E-state index contributed by atoms with van der Waals surface area (Å²) >= 11 is 0. The number of piperidine rings is 1. The number of benzene rings is 2. The van der Waals surface area contributed by atoms with Gasteiger partial charge in [0.15, 0.2) is 17.4 Å². The molecule has 4 amide bonds. The van der Waals surface area contributed by atoms with Crippen LogP contribution in [0.1, 0.15) is 375 Å². The van der Waals surface area contributed by atoms with Crippen molar-refractivity contribution in [1.82, 2.24) is 93.1 Å². The van der Waals surface area contributed by atoms with Crippen molar-refractivity contribution in [2.24, 2.45) is 0 Å². The quantitative estimate of drug-likeness (QED) is 0.0268. The maximum absolute atomic E-state index is 12.5. The molecule has 14 heterocycles. The second-order valence-corrected chi connectivity index (χ2v) is 50.5. The molecule has 0 aliphatic carbocycles. The van der Waals surface area contributed by atoms with Crippen LogP contribution in [0.5, 0.6) is 0 Å². The lowest BCUT2D eigenvalue weighted by Gasteiger charge is -2.28. The van der Waals surface area contributed by atoms with Crippen LogP contribution in [0.4, 0.5) is 11.8 Å². The first kappa shape index (κ1) is 119. The fraction of sp³-hybridized carbons (Fsp3) is 0.618. The minimum Gasteiger partial charge on any atom is -0.448 e. The van der Waals surface area contributed by atoms with Crippen molar-refractivity contribution in [1.29, 1.82) is 0 Å². The zero-order chi connectivity index (χ0) is 108. The average Bonchev–Trinajstić information content (AvgIpc) is 1.65. The van der Waals surface area contributed by atoms with Crippen molar-refractivity contribution >= 4 is 59.4 Å². The van der Waals surface area contributed by atoms with Gasteiger partial charge in [0.05, 0.1) is 42.2 Å². The summed E-state index contributed by atoms with van der Waals surface area (Å²) in [6.45, 7) is 76.9. The number of piperazine rings is 3. The molecule has 36 heteroatoms. The summed E-state index contributed by atoms with van der Waals surface area (Å²) in [6.07, 6.45) is 13.4. The molecule has 2 aromatic carbocycles. The van der Waals surface area contributed by atoms with Gasteiger partial charge in [0.1, 0.15) is 59.0 Å². The molecular formula is C110H169N20O15P. The van der Waals surface area contributed by atoms with Gasteiger partial charge in [-0.15, -0.1) is 0 Å². The summed E-state index contributed by atoms with van der Waals surface area (Å²) < 4.78 is 55.1. The normalized spacial score (nSPS) is 16.8. The third kappa shape index (κ3) is 36.5. The number of carbonyl (C=O) groups is 6. The van der Waals surface area contributed by atoms with E-state index in [-0.39, 0.29) is 96.6 Å². The number of nitrogens with zero attached hydrogens (tertiary/aromatic N) is 11. The van der Waals surface area contributed by atoms with Crippen LogP contribution in [-0.2, 0) is 60.9 Å². The first-order valence-electron chi connectivity index (χ1n) is 51.7. The highest BCUT2D eigenvalue weighted by Gasteiger charge is 2.37. The van der Waals surface area contributed by atoms with Crippen molar-refractivity contribution in [2.75, 3.05) is 128 Å². The summed E-state index contributed by atoms with van der Waals surface area (Å²) in [7, 11) is -2.31. The number of carbonyl (C=O) groups excluding carboxylic acids is 6. The Balaban J connectivity index is 0.000000186. The number of aryl methyl sites for hydroxylation is 2. The highest BCUT2D eigenvalue weighted by atomic mass is 31.2. The van der Waals surface area contributed by atoms with Crippen LogP contribution in [0.3, 0.4) is 0 Å². The summed E-state index contributed by atoms with van der Waals surface area (Å²) in [5.41, 5.74) is 6.87. The summed E-state index contributed by atoms with van der Waals surface area (Å²) in [6, 6.07) is 20.4. The second kappa shape index (κ2) is 52.3. The van der Waals surface area contributed by atoms with E-state index in [0.29, 0.717) is 70.3 Å². The Bertz CT molecular complexity index is 5790. The Morgan fingerprint density at radius 3 is 1.54 bits per heavy atom. The first-order valence-corrected chi connectivity index (χ1v) is 54.3. The molecule has 16 rings (SSSR count). The van der Waals surface area contributed by atoms with Gasteiger partial charge in [-0.2, -0.15) is 0 Å². The lowest BCUT2D eigenvalue weighted by atomic mass is 9.85. The van der Waals surface area contributed by atoms with E-state index < -0.39 is 7.14 Å². The largest absolute Gasteiger partial charge is 0.448 e. The molecule has 6 fully saturated rings. The van der Waals surface area contributed by atoms with Crippen LogP contribution in [0.15, 0.2) is 121 Å². The van der Waals surface area contributed by atoms with Gasteiger partial charge in [-0.05, 0) is 110 Å². The zero-order valence-electron chi connectivity index (χ0n) is 92.8. The molecule has 6 saturated heterocycles. The number of ketones is 2. The first-order chi connectivity index (χ1) is 68.2. The van der Waals surface area contributed by atoms with E-state index in [2.05, 4.69) is 195 Å². The molecule has 2 unspecified atom stereocenters. The third-order valence-corrected chi connectivity index (χ3v) is 26.6. The Morgan fingerprint density at radius 1 is 0.493 bits per heavy atom. The molecule has 146 heavy (non-hydrogen) atoms. The molecule has 0 bridgehead atoms. The number of hydrogen-bond donors (Lipinski definition) is 9. The van der Waals surface area contributed by atoms with Gasteiger partial charge in [0.2, 0.25) is 35.1 Å². The van der Waals surface area contributed by atoms with Crippen LogP contribution < -0.4 is 58.1 Å². The Labute approximate surface area is 864 Å². The van der Waals surface area contributed by atoms with Crippen LogP contribution >= 0.6 is 7.14 Å². The molecular weight excluding hydrogens is 1870 g/mol. The molecule has 0 spiro atoms. The van der Waals surface area contributed by atoms with Crippen LogP contribution in [0.2, 0.25) is 0 Å². The lowest BCUT2D eigenvalue weighted by Crippen LogP contribution is -2.46. The number of Topliss-reactive ketones (excluding diaryl/α,β-unsaturated/α-hetero) is 2. The molecule has 6 aliphatic heterocycles. The Morgan fingerprint density at radius 2 is 1.03 bits per heavy atom. The fourth-order valence-corrected chi connectivity index (χ4v) is 17.1. The molecule has 9 N–H and O–H groups in total. The number of rotatable bonds is 19. The van der Waals surface area contributed by atoms with E-state index in [9.17, 15) is 33.3 Å². The monoisotopic (exact) mass is 2040 g/mol. The van der Waals surface area contributed by atoms with Gasteiger partial charge in [-0.1, -0.05) is 248 Å². The summed E-state index contributed by atoms with van der Waals surface area (Å²) in [4.78, 5) is 92.9. The Hall–Kier alpha value is -10.9. The van der Waals surface area contributed by atoms with Crippen molar-refractivity contribution < 1.29 is 69.2 Å². The molecule has 0 saturated carbocycles. The van der Waals surface area contributed by atoms with Gasteiger partial charge in [-0.25, -0.2) is 15.0 Å². The number of oxazole rings is 3. The zero-order valence-corrected chi connectivity index (χ0v) is 93.7. The minimum absolute atomic E-state index is 0.00765. The molecule has 0 radical (unpaired) electrons. The van der Waals surface area contributed by atoms with Crippen molar-refractivity contribution in [3.05, 3.63) is 194 Å². The van der Waals surface area contributed by atoms with E-state index in [1.165, 1.54) is 19.1 Å². The van der Waals surface area contributed by atoms with Crippen LogP contribution in [-0.4, -0.2) is 222 Å². The lowest BCUT2D eigenvalue weighted by molar-refractivity contribution is 0.0730. The maximum atomic E-state index is 12.5. The number of anilines is 2. The topological polar surface area (TPSA) is 446 Å². The fourth-order valence-electron chi connectivity index (χ4n) is 16.2. The molecule has 6 aliphatic rings. The number of nitrogens with one attached hydrogen (secondary N) is 9. The van der Waals surface area contributed by atoms with E-state index in [4.69, 9.17) is 35.9 Å². The highest BCUT2D eigenvalue weighted by molar-refractivity contribution is 7.70. The Kier molecular flexibility index (Phi) is 42.5. The summed E-state index contributed by atoms with van der Waals surface area (Å²) in [5, 5.41) is 49.5. The van der Waals surface area contributed by atoms with Gasteiger partial charge in [0.25, 0.3) is 23.6 Å². The standard InChI is InChI=1S/C18H23NO2.C16H21N2O3P.C14H23N3O2.C14H22N2O2.C13H21N3O2.C12H19N3O2.C12H21N3O.C11H19N3O/c1-12(2)16-14(17(19-21-16)18(3,4)5)11-15(20)13-9-7-6-8-10-13;1-16(2,3)13-10-14(21-18-13)17-15(19)11-6-8-12(9-7-11)22(4,5)20;1-9-11(12(17-19-9)14(2,3)4)13(18)16-10-5-7-15-8-6-10;1-14(2,3)13-9-12(18-16-13)11(17)7-6-10-5-4-8-15-10;1-9-10(11(15-18-9)13(2,3)4)12(17)16-7-5-14-6-8-16;1-12(2,3)11-14-8(7-17-11)10(16)15-9-5-4-6-13-9;1-12(2,3)10-8-14-11(16-10)9-15-6-4-13-5-7-15;1-11(2,3)10-13-8-9(15-10)14-6-4-12-5-7-14/h6-10,12H,11H2,1-5H3;6-10H,1-5H3,(H,17,19);10,15H,5-8H2,1-4H3,(H,16,18);9-10,15H,4-8H2,1-3H3;14H,5-8H2,1-4H3;7,9,13H,4-6H2,1-3H3,(H,15,16);8,13H,4-7,9H2,1-3H3;8,12H,4-7H2,1-3H3. The van der Waals surface area contributed by atoms with Gasteiger partial charge in [0, 0.05) is 187 Å². The number of amides is 4. The predicted molar refractivity (Wildman–Crippen MR) is 572 cm³/mol. The van der Waals surface area contributed by atoms with Crippen molar-refractivity contribution in [3.8, 4) is 0 Å². The minimum atomic E-state index is -2.31. The van der Waals surface area contributed by atoms with E-state index in [1.54, 1.807) is 63.6 Å². The van der Waals surface area contributed by atoms with E-state index in [1.807, 2.05) is 131 Å². The van der Waals surface area contributed by atoms with Crippen LogP contribution in [0.25, 0.3) is 0 Å². The number of aromatic nitrogens is 8. The molecule has 804 valence electrons. The second-order valence-electron chi connectivity index (χ2n) is 47.3. The molecule has 35 nitrogen and oxygen atoms in total. The van der Waals surface area contributed by atoms with Gasteiger partial charge in [-0.3, -0.25) is 44.3 Å². The SMILES string of the molecule is CC(C)(C)c1cc(C(=O)CCC2CCCN2)on1.CC(C)(C)c1cc(NC(=O)c2ccc(P(C)(C)=O)cc2)on1.CC(C)(C)c1cnc(CN2CCNCC2)o1.CC(C)(C)c1nc(C(=O)NC2CCCN2)co1.CC(C)(C)c1ncc(N2CCNCC2)o1.CC(C)c1onc(C(C)(C)C)c1CC(=O)c1ccccc1.Cc1onc(C(C)(C)C)c1C(=O)N1CCNCC1.Cc1onc(C(C)(C)C)c1C(=O)NC1CCNCC1. The smallest absolute Gasteiger partial charge is 0.274 e.